The number of rotatable bonds is 0. The molecule has 0 aromatic heterocycles. The number of fused-ring (bicyclic) bond motifs is 4. The minimum Gasteiger partial charge on any atom is -0.342 e. The summed E-state index contributed by atoms with van der Waals surface area (Å²) in [7, 11) is 0. The van der Waals surface area contributed by atoms with E-state index in [4.69, 9.17) is 9.47 Å². The minimum atomic E-state index is -0.467. The molecule has 1 atom stereocenters. The lowest BCUT2D eigenvalue weighted by Gasteiger charge is -2.44. The molecule has 17 heavy (non-hydrogen) atoms. The van der Waals surface area contributed by atoms with Gasteiger partial charge in [-0.2, -0.15) is 0 Å². The summed E-state index contributed by atoms with van der Waals surface area (Å²) in [5.74, 6) is -0.467. The fourth-order valence-corrected chi connectivity index (χ4v) is 3.62. The zero-order valence-electron chi connectivity index (χ0n) is 9.89. The van der Waals surface area contributed by atoms with Crippen molar-refractivity contribution in [3.63, 3.8) is 0 Å². The van der Waals surface area contributed by atoms with Gasteiger partial charge in [-0.3, -0.25) is 4.90 Å². The van der Waals surface area contributed by atoms with Crippen molar-refractivity contribution in [3.05, 3.63) is 35.4 Å². The second-order valence-electron chi connectivity index (χ2n) is 5.15. The highest BCUT2D eigenvalue weighted by Gasteiger charge is 2.53. The third-order valence-electron chi connectivity index (χ3n) is 4.28. The van der Waals surface area contributed by atoms with Gasteiger partial charge in [-0.15, -0.1) is 0 Å². The fraction of sp³-hybridized carbons (Fsp3) is 0.571. The van der Waals surface area contributed by atoms with Crippen molar-refractivity contribution >= 4 is 0 Å². The molecule has 2 fully saturated rings. The predicted octanol–water partition coefficient (Wildman–Crippen LogP) is 1.86. The molecule has 1 aromatic rings. The van der Waals surface area contributed by atoms with Crippen LogP contribution >= 0.6 is 0 Å². The monoisotopic (exact) mass is 231 g/mol. The van der Waals surface area contributed by atoms with Crippen molar-refractivity contribution in [1.82, 2.24) is 4.90 Å². The van der Waals surface area contributed by atoms with E-state index >= 15 is 0 Å². The number of hydrogen-bond acceptors (Lipinski definition) is 3. The number of hydrogen-bond donors (Lipinski definition) is 0. The largest absolute Gasteiger partial charge is 0.342 e. The fourth-order valence-electron chi connectivity index (χ4n) is 3.62. The van der Waals surface area contributed by atoms with Crippen molar-refractivity contribution in [3.8, 4) is 0 Å². The molecule has 3 heterocycles. The van der Waals surface area contributed by atoms with Crippen molar-refractivity contribution < 1.29 is 9.47 Å². The van der Waals surface area contributed by atoms with Crippen molar-refractivity contribution in [2.24, 2.45) is 0 Å². The Balaban J connectivity index is 1.89. The van der Waals surface area contributed by atoms with Crippen LogP contribution in [0.5, 0.6) is 0 Å². The van der Waals surface area contributed by atoms with Gasteiger partial charge >= 0.3 is 0 Å². The van der Waals surface area contributed by atoms with Crippen LogP contribution in [0.4, 0.5) is 0 Å². The molecular weight excluding hydrogens is 214 g/mol. The second kappa shape index (κ2) is 3.55. The average molecular weight is 231 g/mol. The Morgan fingerprint density at radius 1 is 1.18 bits per heavy atom. The summed E-state index contributed by atoms with van der Waals surface area (Å²) in [4.78, 5) is 2.52. The molecule has 3 aliphatic rings. The van der Waals surface area contributed by atoms with E-state index in [0.717, 1.165) is 19.8 Å². The molecule has 0 aliphatic carbocycles. The molecule has 90 valence electrons. The molecule has 1 spiro atoms. The van der Waals surface area contributed by atoms with Gasteiger partial charge in [-0.25, -0.2) is 0 Å². The summed E-state index contributed by atoms with van der Waals surface area (Å²) in [6, 6.07) is 9.00. The molecule has 0 saturated carbocycles. The van der Waals surface area contributed by atoms with Crippen molar-refractivity contribution in [2.75, 3.05) is 19.8 Å². The highest BCUT2D eigenvalue weighted by molar-refractivity contribution is 5.36. The first kappa shape index (κ1) is 10.1. The highest BCUT2D eigenvalue weighted by Crippen LogP contribution is 2.46. The van der Waals surface area contributed by atoms with Gasteiger partial charge in [0.05, 0.1) is 19.3 Å². The third-order valence-corrected chi connectivity index (χ3v) is 4.28. The third kappa shape index (κ3) is 1.27. The van der Waals surface area contributed by atoms with Crippen LogP contribution in [0, 0.1) is 0 Å². The van der Waals surface area contributed by atoms with E-state index < -0.39 is 5.79 Å². The first-order valence-electron chi connectivity index (χ1n) is 6.50. The van der Waals surface area contributed by atoms with E-state index in [0.29, 0.717) is 6.04 Å². The number of nitrogens with zero attached hydrogens (tertiary/aromatic N) is 1. The first-order valence-corrected chi connectivity index (χ1v) is 6.50. The number of benzene rings is 1. The highest BCUT2D eigenvalue weighted by atomic mass is 16.7. The van der Waals surface area contributed by atoms with Crippen molar-refractivity contribution in [1.29, 1.82) is 0 Å². The topological polar surface area (TPSA) is 21.7 Å². The molecule has 1 unspecified atom stereocenters. The van der Waals surface area contributed by atoms with Gasteiger partial charge in [0.25, 0.3) is 0 Å². The molecule has 3 nitrogen and oxygen atoms in total. The van der Waals surface area contributed by atoms with Crippen LogP contribution in [-0.2, 0) is 21.8 Å². The van der Waals surface area contributed by atoms with E-state index in [2.05, 4.69) is 29.2 Å². The van der Waals surface area contributed by atoms with Crippen LogP contribution in [-0.4, -0.2) is 30.7 Å². The van der Waals surface area contributed by atoms with Gasteiger partial charge in [0.2, 0.25) is 5.79 Å². The molecule has 0 bridgehead atoms. The quantitative estimate of drug-likeness (QED) is 0.680. The van der Waals surface area contributed by atoms with Crippen LogP contribution in [0.3, 0.4) is 0 Å². The Morgan fingerprint density at radius 3 is 2.88 bits per heavy atom. The van der Waals surface area contributed by atoms with Crippen LogP contribution < -0.4 is 0 Å². The van der Waals surface area contributed by atoms with Gasteiger partial charge < -0.3 is 9.47 Å². The zero-order valence-corrected chi connectivity index (χ0v) is 9.89. The summed E-state index contributed by atoms with van der Waals surface area (Å²) in [5, 5.41) is 0. The van der Waals surface area contributed by atoms with Crippen LogP contribution in [0.15, 0.2) is 24.3 Å². The smallest absolute Gasteiger partial charge is 0.211 e. The van der Waals surface area contributed by atoms with Gasteiger partial charge in [0.15, 0.2) is 0 Å². The lowest BCUT2D eigenvalue weighted by Crippen LogP contribution is -2.52. The Hall–Kier alpha value is -0.900. The maximum atomic E-state index is 6.06. The van der Waals surface area contributed by atoms with E-state index in [1.54, 1.807) is 0 Å². The second-order valence-corrected chi connectivity index (χ2v) is 5.15. The molecule has 4 rings (SSSR count). The van der Waals surface area contributed by atoms with Crippen LogP contribution in [0.1, 0.15) is 24.0 Å². The molecule has 0 N–H and O–H groups in total. The number of ether oxygens (including phenoxy) is 2. The molecule has 0 amide bonds. The van der Waals surface area contributed by atoms with Gasteiger partial charge in [0, 0.05) is 12.1 Å². The lowest BCUT2D eigenvalue weighted by molar-refractivity contribution is -0.213. The first-order chi connectivity index (χ1) is 8.40. The van der Waals surface area contributed by atoms with Gasteiger partial charge in [0.1, 0.15) is 0 Å². The van der Waals surface area contributed by atoms with Gasteiger partial charge in [-0.05, 0) is 24.9 Å². The molecule has 3 aliphatic heterocycles. The average Bonchev–Trinajstić information content (AvgIpc) is 2.99. The summed E-state index contributed by atoms with van der Waals surface area (Å²) in [6.07, 6.45) is 2.45. The minimum absolute atomic E-state index is 0.417. The SMILES string of the molecule is c1ccc2c(c1)CN1CCCC1C21OCCO1. The summed E-state index contributed by atoms with van der Waals surface area (Å²) >= 11 is 0. The van der Waals surface area contributed by atoms with Gasteiger partial charge in [-0.1, -0.05) is 24.3 Å². The Bertz CT molecular complexity index is 440. The summed E-state index contributed by atoms with van der Waals surface area (Å²) < 4.78 is 12.1. The predicted molar refractivity (Wildman–Crippen MR) is 63.5 cm³/mol. The van der Waals surface area contributed by atoms with Crippen molar-refractivity contribution in [2.45, 2.75) is 31.2 Å². The van der Waals surface area contributed by atoms with Crippen LogP contribution in [0.2, 0.25) is 0 Å². The Labute approximate surface area is 101 Å². The maximum absolute atomic E-state index is 6.06. The maximum Gasteiger partial charge on any atom is 0.211 e. The van der Waals surface area contributed by atoms with E-state index in [1.165, 1.54) is 30.5 Å². The molecular formula is C14H17NO2. The molecule has 3 heteroatoms. The molecule has 0 radical (unpaired) electrons. The standard InChI is InChI=1S/C14H17NO2/c1-2-5-12-11(4-1)10-15-7-3-6-13(15)14(12)16-8-9-17-14/h1-2,4-5,13H,3,6-10H2. The Kier molecular flexibility index (Phi) is 2.10. The Morgan fingerprint density at radius 2 is 2.00 bits per heavy atom. The molecule has 1 aromatic carbocycles. The van der Waals surface area contributed by atoms with E-state index in [-0.39, 0.29) is 0 Å². The zero-order chi connectivity index (χ0) is 11.3. The normalized spacial score (nSPS) is 30.5. The van der Waals surface area contributed by atoms with E-state index in [9.17, 15) is 0 Å². The van der Waals surface area contributed by atoms with Crippen LogP contribution in [0.25, 0.3) is 0 Å². The molecule has 2 saturated heterocycles. The lowest BCUT2D eigenvalue weighted by atomic mass is 9.88. The van der Waals surface area contributed by atoms with E-state index in [1.807, 2.05) is 0 Å². The summed E-state index contributed by atoms with van der Waals surface area (Å²) in [6.45, 7) is 3.67. The summed E-state index contributed by atoms with van der Waals surface area (Å²) in [5.41, 5.74) is 2.63.